The van der Waals surface area contributed by atoms with Crippen molar-refractivity contribution < 1.29 is 46.6 Å². The number of ether oxygens (including phenoxy) is 3. The summed E-state index contributed by atoms with van der Waals surface area (Å²) in [4.78, 5) is 23.6. The van der Waals surface area contributed by atoms with Crippen LogP contribution in [0.1, 0.15) is 215 Å². The van der Waals surface area contributed by atoms with E-state index in [0.717, 1.165) is 101 Å². The predicted molar refractivity (Wildman–Crippen MR) is 383 cm³/mol. The smallest absolute Gasteiger partial charge is 0.332 e. The third kappa shape index (κ3) is 18.9. The van der Waals surface area contributed by atoms with Gasteiger partial charge in [0.1, 0.15) is 19.3 Å². The van der Waals surface area contributed by atoms with Crippen LogP contribution in [0.25, 0.3) is 0 Å². The van der Waals surface area contributed by atoms with Gasteiger partial charge in [0.25, 0.3) is 0 Å². The van der Waals surface area contributed by atoms with Crippen LogP contribution in [0, 0.1) is 22.7 Å². The first kappa shape index (κ1) is 77.2. The minimum Gasteiger partial charge on any atom is -0.480 e. The lowest BCUT2D eigenvalue weighted by Gasteiger charge is -2.45. The van der Waals surface area contributed by atoms with E-state index in [1.165, 1.54) is 33.4 Å². The van der Waals surface area contributed by atoms with Gasteiger partial charge in [0.2, 0.25) is 0 Å². The number of carbonyl (C=O) groups excluding carboxylic acids is 1. The van der Waals surface area contributed by atoms with Gasteiger partial charge in [0.15, 0.2) is 33.3 Å². The molecule has 0 aliphatic heterocycles. The summed E-state index contributed by atoms with van der Waals surface area (Å²) in [6.45, 7) is 68.5. The molecule has 10 nitrogen and oxygen atoms in total. The molecule has 506 valence electrons. The number of allylic oxidation sites excluding steroid dienone is 8. The van der Waals surface area contributed by atoms with E-state index in [2.05, 4.69) is 206 Å². The zero-order valence-corrected chi connectivity index (χ0v) is 65.5. The Bertz CT molecular complexity index is 2690. The normalized spacial score (nSPS) is 29.4. The van der Waals surface area contributed by atoms with Gasteiger partial charge in [-0.15, -0.1) is 0 Å². The van der Waals surface area contributed by atoms with E-state index >= 15 is 0 Å². The van der Waals surface area contributed by atoms with Gasteiger partial charge in [-0.2, -0.15) is 0 Å². The van der Waals surface area contributed by atoms with Crippen molar-refractivity contribution in [3.63, 3.8) is 0 Å². The molecule has 14 heteroatoms. The molecule has 89 heavy (non-hydrogen) atoms. The lowest BCUT2D eigenvalue weighted by atomic mass is 9.63. The monoisotopic (exact) mass is 1300 g/mol. The average Bonchev–Trinajstić information content (AvgIpc) is 1.70. The number of hydrogen-bond donors (Lipinski definition) is 1. The molecule has 0 aromatic heterocycles. The molecule has 0 bridgehead atoms. The van der Waals surface area contributed by atoms with E-state index in [1.807, 2.05) is 20.8 Å². The summed E-state index contributed by atoms with van der Waals surface area (Å²) in [5, 5.41) is 9.66. The summed E-state index contributed by atoms with van der Waals surface area (Å²) < 4.78 is 45.6. The molecule has 0 aromatic carbocycles. The number of carboxylic acids is 1. The summed E-state index contributed by atoms with van der Waals surface area (Å²) in [5.41, 5.74) is 10.4. The van der Waals surface area contributed by atoms with Gasteiger partial charge in [-0.1, -0.05) is 172 Å². The SMILES string of the molecule is C=C1C(=CC=C2CCC[C@]3(C)C([C@H](C)OCC(=O)O)=CCC23)C[C@@H](O[Si](C)(C)C(C)(C)C)C[C@@H]1O[Si](C)(C)C(C)(C)C.C=C1C(=CC=C2CCC[C@]3(C)C([C@H](C)OCC(=O)OC(CC)CC)=CC[C@@H]23)C[C@@H](O[Si](C)(C)C(C)(C)C)C[C@@H]1O[Si](C)(C)C(C)(C)C. The summed E-state index contributed by atoms with van der Waals surface area (Å²) >= 11 is 0. The Morgan fingerprint density at radius 3 is 1.24 bits per heavy atom. The van der Waals surface area contributed by atoms with E-state index in [9.17, 15) is 9.59 Å². The van der Waals surface area contributed by atoms with Crippen LogP contribution in [0.15, 0.2) is 94.2 Å². The van der Waals surface area contributed by atoms with Crippen molar-refractivity contribution in [2.24, 2.45) is 22.7 Å². The molecule has 0 heterocycles. The van der Waals surface area contributed by atoms with Crippen LogP contribution in [0.2, 0.25) is 72.5 Å². The second kappa shape index (κ2) is 29.6. The maximum Gasteiger partial charge on any atom is 0.332 e. The Labute approximate surface area is 548 Å². The first-order chi connectivity index (χ1) is 40.6. The molecule has 0 aromatic rings. The number of carbonyl (C=O) groups is 2. The van der Waals surface area contributed by atoms with E-state index in [1.54, 1.807) is 0 Å². The minimum absolute atomic E-state index is 0.00286. The highest BCUT2D eigenvalue weighted by atomic mass is 28.4. The van der Waals surface area contributed by atoms with Gasteiger partial charge in [0, 0.05) is 12.8 Å². The molecule has 6 rings (SSSR count). The summed E-state index contributed by atoms with van der Waals surface area (Å²) in [6.07, 6.45) is 28.0. The quantitative estimate of drug-likeness (QED) is 0.0676. The largest absolute Gasteiger partial charge is 0.480 e. The highest BCUT2D eigenvalue weighted by Gasteiger charge is 2.50. The third-order valence-corrected chi connectivity index (χ3v) is 41.7. The van der Waals surface area contributed by atoms with Crippen LogP contribution in [0.3, 0.4) is 0 Å². The lowest BCUT2D eigenvalue weighted by molar-refractivity contribution is -0.156. The van der Waals surface area contributed by atoms with Crippen molar-refractivity contribution in [3.05, 3.63) is 94.2 Å². The molecule has 4 saturated carbocycles. The highest BCUT2D eigenvalue weighted by Crippen LogP contribution is 2.58. The number of carboxylic acid groups (broad SMARTS) is 1. The van der Waals surface area contributed by atoms with Crippen LogP contribution < -0.4 is 0 Å². The van der Waals surface area contributed by atoms with Crippen molar-refractivity contribution in [2.75, 3.05) is 13.2 Å². The maximum atomic E-state index is 12.5. The lowest BCUT2D eigenvalue weighted by Crippen LogP contribution is -2.49. The molecule has 0 radical (unpaired) electrons. The van der Waals surface area contributed by atoms with Crippen LogP contribution >= 0.6 is 0 Å². The average molecular weight is 1300 g/mol. The Kier molecular flexibility index (Phi) is 25.7. The number of fused-ring (bicyclic) bond motifs is 2. The van der Waals surface area contributed by atoms with Gasteiger partial charge in [-0.25, -0.2) is 9.59 Å². The fourth-order valence-electron chi connectivity index (χ4n) is 13.7. The Hall–Kier alpha value is -2.51. The first-order valence-corrected chi connectivity index (χ1v) is 46.2. The van der Waals surface area contributed by atoms with E-state index in [0.29, 0.717) is 11.8 Å². The molecule has 0 spiro atoms. The number of hydrogen-bond acceptors (Lipinski definition) is 9. The highest BCUT2D eigenvalue weighted by molar-refractivity contribution is 6.75. The molecule has 6 aliphatic rings. The first-order valence-electron chi connectivity index (χ1n) is 34.6. The molecule has 10 atom stereocenters. The topological polar surface area (TPSA) is 119 Å². The van der Waals surface area contributed by atoms with Gasteiger partial charge >= 0.3 is 11.9 Å². The van der Waals surface area contributed by atoms with Crippen LogP contribution in [0.5, 0.6) is 0 Å². The van der Waals surface area contributed by atoms with Crippen molar-refractivity contribution in [1.29, 1.82) is 0 Å². The van der Waals surface area contributed by atoms with Crippen molar-refractivity contribution in [2.45, 2.75) is 330 Å². The van der Waals surface area contributed by atoms with Gasteiger partial charge in [-0.05, 0) is 220 Å². The van der Waals surface area contributed by atoms with E-state index in [-0.39, 0.29) is 92.9 Å². The third-order valence-electron chi connectivity index (χ3n) is 23.7. The van der Waals surface area contributed by atoms with Gasteiger partial charge in [0.05, 0.1) is 36.6 Å². The van der Waals surface area contributed by atoms with Crippen molar-refractivity contribution >= 4 is 45.2 Å². The Balaban J connectivity index is 0.000000326. The van der Waals surface area contributed by atoms with Crippen LogP contribution in [-0.4, -0.2) is 106 Å². The molecular formula is C75H130O10Si4. The molecule has 4 fully saturated rings. The molecule has 0 amide bonds. The number of esters is 1. The molecule has 0 saturated heterocycles. The fourth-order valence-corrected chi connectivity index (χ4v) is 19.1. The fraction of sp³-hybridized carbons (Fsp3) is 0.760. The maximum absolute atomic E-state index is 12.5. The second-order valence-corrected chi connectivity index (χ2v) is 53.2. The zero-order valence-electron chi connectivity index (χ0n) is 61.5. The van der Waals surface area contributed by atoms with Gasteiger partial charge in [-0.3, -0.25) is 0 Å². The Morgan fingerprint density at radius 2 is 0.910 bits per heavy atom. The molecular weight excluding hydrogens is 1170 g/mol. The van der Waals surface area contributed by atoms with Crippen LogP contribution in [-0.2, 0) is 41.5 Å². The van der Waals surface area contributed by atoms with Crippen molar-refractivity contribution in [3.8, 4) is 0 Å². The summed E-state index contributed by atoms with van der Waals surface area (Å²) in [7, 11) is -7.94. The zero-order chi connectivity index (χ0) is 67.5. The minimum atomic E-state index is -2.01. The van der Waals surface area contributed by atoms with Gasteiger partial charge < -0.3 is 37.0 Å². The second-order valence-electron chi connectivity index (χ2n) is 34.2. The molecule has 1 N–H and O–H groups in total. The van der Waals surface area contributed by atoms with E-state index < -0.39 is 39.2 Å². The molecule has 1 unspecified atom stereocenters. The van der Waals surface area contributed by atoms with Crippen LogP contribution in [0.4, 0.5) is 0 Å². The predicted octanol–water partition coefficient (Wildman–Crippen LogP) is 20.8. The van der Waals surface area contributed by atoms with E-state index in [4.69, 9.17) is 37.0 Å². The standard InChI is InChI=1S/C40H70O5Si2.C35H60O5Si2/c1-16-32(17-2)43-37(41)27-42-29(4)34-22-23-35-30(19-18-24-40(34,35)11)20-21-31-25-33(44-46(12,13)38(5,6)7)26-36(28(31)3)45-47(14,15)39(8,9)10;1-24-27(17-16-26-15-14-20-35(9)29(18-19-30(26)35)25(2)38-23-32(36)37)21-28(39-41(10,11)33(3,4)5)22-31(24)40-42(12,13)34(6,7)8/h20-22,29,32-33,35-36H,3,16-19,23-27H2,1-2,4-15H3;16-18,25,28,30-31H,1,14-15,19-23H2,2-13H3,(H,36,37)/t29-,33+,35-,36-,40+;25-,28+,30?,31-,35+/m00/s1. The Morgan fingerprint density at radius 1 is 0.573 bits per heavy atom. The summed E-state index contributed by atoms with van der Waals surface area (Å²) in [6, 6.07) is 0. The molecule has 6 aliphatic carbocycles. The number of aliphatic carboxylic acids is 1. The number of rotatable bonds is 21. The van der Waals surface area contributed by atoms with Crippen molar-refractivity contribution in [1.82, 2.24) is 0 Å². The summed E-state index contributed by atoms with van der Waals surface area (Å²) in [5.74, 6) is -0.316.